The van der Waals surface area contributed by atoms with Crippen molar-refractivity contribution in [3.63, 3.8) is 0 Å². The molecule has 0 amide bonds. The van der Waals surface area contributed by atoms with Crippen LogP contribution in [-0.2, 0) is 0 Å². The highest BCUT2D eigenvalue weighted by Gasteiger charge is 2.20. The average molecular weight is 167 g/mol. The first kappa shape index (κ1) is 8.71. The molecule has 5 nitrogen and oxygen atoms in total. The molecule has 0 aliphatic rings. The van der Waals surface area contributed by atoms with E-state index in [0.29, 0.717) is 11.3 Å². The number of hydrogen-bond acceptors (Lipinski definition) is 4. The van der Waals surface area contributed by atoms with E-state index >= 15 is 0 Å². The zero-order chi connectivity index (χ0) is 9.14. The second-order valence-electron chi connectivity index (χ2n) is 2.47. The van der Waals surface area contributed by atoms with Gasteiger partial charge in [-0.3, -0.25) is 5.10 Å². The topological polar surface area (TPSA) is 92.9 Å². The summed E-state index contributed by atoms with van der Waals surface area (Å²) in [7, 11) is 0. The van der Waals surface area contributed by atoms with Crippen molar-refractivity contribution in [3.05, 3.63) is 17.5 Å². The van der Waals surface area contributed by atoms with Gasteiger partial charge in [0.15, 0.2) is 6.10 Å². The first-order valence-electron chi connectivity index (χ1n) is 3.42. The van der Waals surface area contributed by atoms with Crippen LogP contribution in [0.1, 0.15) is 17.4 Å². The first-order valence-corrected chi connectivity index (χ1v) is 3.42. The molecule has 2 atom stereocenters. The molecule has 1 heterocycles. The molecule has 0 aliphatic carbocycles. The predicted octanol–water partition coefficient (Wildman–Crippen LogP) is -0.364. The summed E-state index contributed by atoms with van der Waals surface area (Å²) in [6.45, 7) is 1.70. The average Bonchev–Trinajstić information content (AvgIpc) is 2.48. The van der Waals surface area contributed by atoms with Gasteiger partial charge < -0.3 is 10.2 Å². The summed E-state index contributed by atoms with van der Waals surface area (Å²) in [4.78, 5) is 0. The molecule has 0 saturated heterocycles. The van der Waals surface area contributed by atoms with Gasteiger partial charge in [-0.2, -0.15) is 10.4 Å². The Bertz CT molecular complexity index is 302. The molecule has 5 heteroatoms. The third-order valence-corrected chi connectivity index (χ3v) is 1.62. The van der Waals surface area contributed by atoms with E-state index in [1.54, 1.807) is 13.0 Å². The lowest BCUT2D eigenvalue weighted by Gasteiger charge is -2.09. The van der Waals surface area contributed by atoms with Crippen LogP contribution in [0.5, 0.6) is 0 Å². The van der Waals surface area contributed by atoms with Gasteiger partial charge >= 0.3 is 0 Å². The summed E-state index contributed by atoms with van der Waals surface area (Å²) in [6.07, 6.45) is -1.20. The Labute approximate surface area is 69.3 Å². The standard InChI is InChI=1S/C7H9N3O2/c1-4-5(3-9-10-4)7(12)6(11)2-8/h3,6-7,11-12H,1H3,(H,9,10). The Morgan fingerprint density at radius 2 is 2.33 bits per heavy atom. The Kier molecular flexibility index (Phi) is 2.43. The van der Waals surface area contributed by atoms with E-state index in [2.05, 4.69) is 10.2 Å². The lowest BCUT2D eigenvalue weighted by molar-refractivity contribution is 0.0524. The molecule has 12 heavy (non-hydrogen) atoms. The van der Waals surface area contributed by atoms with Crippen LogP contribution in [-0.4, -0.2) is 26.5 Å². The van der Waals surface area contributed by atoms with E-state index in [1.165, 1.54) is 6.20 Å². The third-order valence-electron chi connectivity index (χ3n) is 1.62. The highest BCUT2D eigenvalue weighted by molar-refractivity contribution is 5.20. The molecule has 0 aromatic carbocycles. The van der Waals surface area contributed by atoms with Crippen LogP contribution < -0.4 is 0 Å². The molecule has 1 aromatic heterocycles. The minimum atomic E-state index is -1.40. The second kappa shape index (κ2) is 3.34. The van der Waals surface area contributed by atoms with Crippen molar-refractivity contribution in [1.29, 1.82) is 5.26 Å². The Morgan fingerprint density at radius 1 is 1.67 bits per heavy atom. The summed E-state index contributed by atoms with van der Waals surface area (Å²) in [5.74, 6) is 0. The summed E-state index contributed by atoms with van der Waals surface area (Å²) in [5, 5.41) is 32.9. The monoisotopic (exact) mass is 167 g/mol. The van der Waals surface area contributed by atoms with Crippen LogP contribution in [0.2, 0.25) is 0 Å². The molecule has 2 unspecified atom stereocenters. The molecule has 64 valence electrons. The molecule has 0 saturated carbocycles. The maximum absolute atomic E-state index is 9.33. The molecule has 1 rings (SSSR count). The summed E-state index contributed by atoms with van der Waals surface area (Å²) < 4.78 is 0. The lowest BCUT2D eigenvalue weighted by Crippen LogP contribution is -2.15. The largest absolute Gasteiger partial charge is 0.384 e. The SMILES string of the molecule is Cc1[nH]ncc1C(O)C(O)C#N. The molecule has 0 bridgehead atoms. The summed E-state index contributed by atoms with van der Waals surface area (Å²) in [5.41, 5.74) is 1.10. The first-order chi connectivity index (χ1) is 5.66. The number of nitrogens with one attached hydrogen (secondary N) is 1. The molecule has 0 radical (unpaired) electrons. The maximum atomic E-state index is 9.33. The van der Waals surface area contributed by atoms with Crippen molar-refractivity contribution in [2.24, 2.45) is 0 Å². The lowest BCUT2D eigenvalue weighted by atomic mass is 10.1. The number of aromatic nitrogens is 2. The fourth-order valence-corrected chi connectivity index (χ4v) is 0.899. The fraction of sp³-hybridized carbons (Fsp3) is 0.429. The highest BCUT2D eigenvalue weighted by atomic mass is 16.3. The highest BCUT2D eigenvalue weighted by Crippen LogP contribution is 2.17. The van der Waals surface area contributed by atoms with E-state index in [9.17, 15) is 5.11 Å². The number of nitrogens with zero attached hydrogens (tertiary/aromatic N) is 2. The van der Waals surface area contributed by atoms with Crippen molar-refractivity contribution < 1.29 is 10.2 Å². The molecule has 0 spiro atoms. The Balaban J connectivity index is 2.86. The van der Waals surface area contributed by atoms with Gasteiger partial charge in [-0.25, -0.2) is 0 Å². The minimum Gasteiger partial charge on any atom is -0.384 e. The number of hydrogen-bond donors (Lipinski definition) is 3. The minimum absolute atomic E-state index is 0.448. The van der Waals surface area contributed by atoms with Crippen molar-refractivity contribution in [3.8, 4) is 6.07 Å². The van der Waals surface area contributed by atoms with Crippen LogP contribution in [0.15, 0.2) is 6.20 Å². The Hall–Kier alpha value is -1.38. The number of aryl methyl sites for hydroxylation is 1. The Morgan fingerprint density at radius 3 is 2.75 bits per heavy atom. The molecule has 0 aliphatic heterocycles. The number of nitriles is 1. The normalized spacial score (nSPS) is 15.2. The van der Waals surface area contributed by atoms with Gasteiger partial charge in [-0.15, -0.1) is 0 Å². The summed E-state index contributed by atoms with van der Waals surface area (Å²) in [6, 6.07) is 1.54. The van der Waals surface area contributed by atoms with Gasteiger partial charge in [0.05, 0.1) is 12.3 Å². The van der Waals surface area contributed by atoms with E-state index < -0.39 is 12.2 Å². The van der Waals surface area contributed by atoms with E-state index in [4.69, 9.17) is 10.4 Å². The van der Waals surface area contributed by atoms with Crippen LogP contribution in [0, 0.1) is 18.3 Å². The molecular weight excluding hydrogens is 158 g/mol. The number of rotatable bonds is 2. The zero-order valence-electron chi connectivity index (χ0n) is 6.52. The van der Waals surface area contributed by atoms with Gasteiger partial charge in [0, 0.05) is 11.3 Å². The molecule has 3 N–H and O–H groups in total. The quantitative estimate of drug-likeness (QED) is 0.524. The van der Waals surface area contributed by atoms with E-state index in [-0.39, 0.29) is 0 Å². The van der Waals surface area contributed by atoms with Crippen molar-refractivity contribution in [1.82, 2.24) is 10.2 Å². The van der Waals surface area contributed by atoms with Crippen LogP contribution in [0.4, 0.5) is 0 Å². The van der Waals surface area contributed by atoms with Crippen molar-refractivity contribution in [2.45, 2.75) is 19.1 Å². The van der Waals surface area contributed by atoms with Gasteiger partial charge in [-0.1, -0.05) is 0 Å². The molecule has 0 fully saturated rings. The fourth-order valence-electron chi connectivity index (χ4n) is 0.899. The van der Waals surface area contributed by atoms with Gasteiger partial charge in [0.1, 0.15) is 6.10 Å². The van der Waals surface area contributed by atoms with E-state index in [1.807, 2.05) is 0 Å². The number of H-pyrrole nitrogens is 1. The number of aliphatic hydroxyl groups excluding tert-OH is 2. The smallest absolute Gasteiger partial charge is 0.170 e. The second-order valence-corrected chi connectivity index (χ2v) is 2.47. The van der Waals surface area contributed by atoms with Crippen molar-refractivity contribution >= 4 is 0 Å². The van der Waals surface area contributed by atoms with Gasteiger partial charge in [-0.05, 0) is 6.92 Å². The van der Waals surface area contributed by atoms with E-state index in [0.717, 1.165) is 0 Å². The van der Waals surface area contributed by atoms with Crippen molar-refractivity contribution in [2.75, 3.05) is 0 Å². The number of aromatic amines is 1. The van der Waals surface area contributed by atoms with Crippen LogP contribution >= 0.6 is 0 Å². The van der Waals surface area contributed by atoms with Gasteiger partial charge in [0.25, 0.3) is 0 Å². The van der Waals surface area contributed by atoms with Crippen LogP contribution in [0.3, 0.4) is 0 Å². The zero-order valence-corrected chi connectivity index (χ0v) is 6.52. The third kappa shape index (κ3) is 1.44. The molecular formula is C7H9N3O2. The number of aliphatic hydroxyl groups is 2. The van der Waals surface area contributed by atoms with Crippen LogP contribution in [0.25, 0.3) is 0 Å². The maximum Gasteiger partial charge on any atom is 0.170 e. The van der Waals surface area contributed by atoms with Gasteiger partial charge in [0.2, 0.25) is 0 Å². The predicted molar refractivity (Wildman–Crippen MR) is 39.9 cm³/mol. The molecule has 1 aromatic rings. The summed E-state index contributed by atoms with van der Waals surface area (Å²) >= 11 is 0.